The fourth-order valence-electron chi connectivity index (χ4n) is 2.24. The van der Waals surface area contributed by atoms with Crippen LogP contribution in [0.5, 0.6) is 11.5 Å². The maximum Gasteiger partial charge on any atom is 0.338 e. The van der Waals surface area contributed by atoms with E-state index < -0.39 is 18.5 Å². The summed E-state index contributed by atoms with van der Waals surface area (Å²) in [5.74, 6) is -0.0317. The van der Waals surface area contributed by atoms with Gasteiger partial charge in [0.2, 0.25) is 0 Å². The highest BCUT2D eigenvalue weighted by molar-refractivity contribution is 5.96. The van der Waals surface area contributed by atoms with E-state index >= 15 is 0 Å². The van der Waals surface area contributed by atoms with Crippen molar-refractivity contribution in [2.45, 2.75) is 13.8 Å². The zero-order chi connectivity index (χ0) is 19.6. The van der Waals surface area contributed by atoms with Gasteiger partial charge in [-0.2, -0.15) is 0 Å². The van der Waals surface area contributed by atoms with Crippen LogP contribution in [0.1, 0.15) is 34.6 Å². The number of esters is 1. The number of hydrogen-bond acceptors (Lipinski definition) is 6. The summed E-state index contributed by atoms with van der Waals surface area (Å²) < 4.78 is 15.9. The first-order chi connectivity index (χ1) is 13.1. The molecule has 2 aromatic rings. The van der Waals surface area contributed by atoms with Gasteiger partial charge in [-0.1, -0.05) is 12.1 Å². The van der Waals surface area contributed by atoms with Gasteiger partial charge in [0.1, 0.15) is 6.29 Å². The normalized spacial score (nSPS) is 10.0. The number of hydrogen-bond donors (Lipinski definition) is 1. The first kappa shape index (κ1) is 20.0. The second-order valence-corrected chi connectivity index (χ2v) is 5.39. The second kappa shape index (κ2) is 9.96. The molecule has 1 amide bonds. The SMILES string of the molecule is CCOc1ccc(NC(=O)COC(=O)c2ccc(C=O)cc2)cc1OCC. The minimum atomic E-state index is -0.649. The van der Waals surface area contributed by atoms with Gasteiger partial charge in [-0.15, -0.1) is 0 Å². The molecule has 142 valence electrons. The lowest BCUT2D eigenvalue weighted by Crippen LogP contribution is -2.21. The summed E-state index contributed by atoms with van der Waals surface area (Å²) in [5, 5.41) is 2.64. The van der Waals surface area contributed by atoms with Gasteiger partial charge in [0, 0.05) is 17.3 Å². The monoisotopic (exact) mass is 371 g/mol. The molecule has 0 aromatic heterocycles. The van der Waals surface area contributed by atoms with Crippen molar-refractivity contribution >= 4 is 23.9 Å². The Morgan fingerprint density at radius 3 is 2.26 bits per heavy atom. The summed E-state index contributed by atoms with van der Waals surface area (Å²) in [6.07, 6.45) is 0.676. The number of amides is 1. The number of anilines is 1. The van der Waals surface area contributed by atoms with Gasteiger partial charge in [-0.05, 0) is 38.1 Å². The molecule has 0 unspecified atom stereocenters. The molecule has 0 saturated carbocycles. The summed E-state index contributed by atoms with van der Waals surface area (Å²) in [6.45, 7) is 4.23. The molecule has 0 bridgehead atoms. The lowest BCUT2D eigenvalue weighted by molar-refractivity contribution is -0.119. The van der Waals surface area contributed by atoms with Gasteiger partial charge >= 0.3 is 5.97 Å². The van der Waals surface area contributed by atoms with Crippen LogP contribution in [0.3, 0.4) is 0 Å². The Morgan fingerprint density at radius 1 is 0.963 bits per heavy atom. The van der Waals surface area contributed by atoms with Crippen LogP contribution in [0.25, 0.3) is 0 Å². The Kier molecular flexibility index (Phi) is 7.37. The van der Waals surface area contributed by atoms with Gasteiger partial charge in [0.05, 0.1) is 18.8 Å². The fourth-order valence-corrected chi connectivity index (χ4v) is 2.24. The van der Waals surface area contributed by atoms with E-state index in [1.165, 1.54) is 24.3 Å². The second-order valence-electron chi connectivity index (χ2n) is 5.39. The first-order valence-electron chi connectivity index (χ1n) is 8.49. The molecule has 0 aliphatic rings. The zero-order valence-electron chi connectivity index (χ0n) is 15.2. The number of nitrogens with one attached hydrogen (secondary N) is 1. The summed E-state index contributed by atoms with van der Waals surface area (Å²) in [6, 6.07) is 10.9. The predicted octanol–water partition coefficient (Wildman–Crippen LogP) is 3.09. The average Bonchev–Trinajstić information content (AvgIpc) is 2.68. The highest BCUT2D eigenvalue weighted by Crippen LogP contribution is 2.30. The van der Waals surface area contributed by atoms with Gasteiger partial charge in [-0.25, -0.2) is 4.79 Å². The molecule has 0 spiro atoms. The molecular formula is C20H21NO6. The minimum absolute atomic E-state index is 0.257. The third kappa shape index (κ3) is 5.85. The smallest absolute Gasteiger partial charge is 0.338 e. The fraction of sp³-hybridized carbons (Fsp3) is 0.250. The average molecular weight is 371 g/mol. The molecule has 0 atom stereocenters. The van der Waals surface area contributed by atoms with Crippen molar-refractivity contribution < 1.29 is 28.6 Å². The van der Waals surface area contributed by atoms with Crippen LogP contribution in [0.4, 0.5) is 5.69 Å². The maximum absolute atomic E-state index is 12.0. The molecule has 2 rings (SSSR count). The topological polar surface area (TPSA) is 90.9 Å². The van der Waals surface area contributed by atoms with Crippen LogP contribution < -0.4 is 14.8 Å². The van der Waals surface area contributed by atoms with Gasteiger partial charge in [-0.3, -0.25) is 9.59 Å². The lowest BCUT2D eigenvalue weighted by atomic mass is 10.1. The maximum atomic E-state index is 12.0. The lowest BCUT2D eigenvalue weighted by Gasteiger charge is -2.13. The van der Waals surface area contributed by atoms with E-state index in [1.54, 1.807) is 18.2 Å². The number of carbonyl (C=O) groups is 3. The first-order valence-corrected chi connectivity index (χ1v) is 8.49. The van der Waals surface area contributed by atoms with Gasteiger partial charge in [0.25, 0.3) is 5.91 Å². The third-order valence-electron chi connectivity index (χ3n) is 3.44. The highest BCUT2D eigenvalue weighted by Gasteiger charge is 2.12. The zero-order valence-corrected chi connectivity index (χ0v) is 15.2. The van der Waals surface area contributed by atoms with Crippen molar-refractivity contribution in [2.75, 3.05) is 25.1 Å². The molecule has 0 heterocycles. The summed E-state index contributed by atoms with van der Waals surface area (Å²) >= 11 is 0. The van der Waals surface area contributed by atoms with Gasteiger partial charge < -0.3 is 19.5 Å². The molecule has 0 saturated heterocycles. The van der Waals surface area contributed by atoms with E-state index in [0.717, 1.165) is 0 Å². The van der Waals surface area contributed by atoms with Crippen LogP contribution in [-0.2, 0) is 9.53 Å². The van der Waals surface area contributed by atoms with Crippen molar-refractivity contribution in [1.29, 1.82) is 0 Å². The van der Waals surface area contributed by atoms with E-state index in [2.05, 4.69) is 5.32 Å². The summed E-state index contributed by atoms with van der Waals surface area (Å²) in [4.78, 5) is 34.6. The van der Waals surface area contributed by atoms with E-state index in [0.29, 0.717) is 42.2 Å². The molecule has 0 aliphatic carbocycles. The molecule has 2 aromatic carbocycles. The van der Waals surface area contributed by atoms with E-state index in [9.17, 15) is 14.4 Å². The van der Waals surface area contributed by atoms with Crippen molar-refractivity contribution in [2.24, 2.45) is 0 Å². The van der Waals surface area contributed by atoms with E-state index in [1.807, 2.05) is 13.8 Å². The van der Waals surface area contributed by atoms with Crippen LogP contribution in [0, 0.1) is 0 Å². The van der Waals surface area contributed by atoms with Crippen LogP contribution in [0.2, 0.25) is 0 Å². The Labute approximate surface area is 157 Å². The number of rotatable bonds is 9. The predicted molar refractivity (Wildman–Crippen MR) is 99.5 cm³/mol. The van der Waals surface area contributed by atoms with Crippen LogP contribution in [0.15, 0.2) is 42.5 Å². The standard InChI is InChI=1S/C20H21NO6/c1-3-25-17-10-9-16(11-18(17)26-4-2)21-19(23)13-27-20(24)15-7-5-14(12-22)6-8-15/h5-12H,3-4,13H2,1-2H3,(H,21,23). The molecule has 7 nitrogen and oxygen atoms in total. The summed E-state index contributed by atoms with van der Waals surface area (Å²) in [5.41, 5.74) is 1.20. The number of carbonyl (C=O) groups excluding carboxylic acids is 3. The molecule has 0 radical (unpaired) electrons. The van der Waals surface area contributed by atoms with E-state index in [-0.39, 0.29) is 5.56 Å². The largest absolute Gasteiger partial charge is 0.490 e. The number of aldehydes is 1. The number of ether oxygens (including phenoxy) is 3. The molecule has 1 N–H and O–H groups in total. The quantitative estimate of drug-likeness (QED) is 0.538. The van der Waals surface area contributed by atoms with Crippen molar-refractivity contribution in [3.63, 3.8) is 0 Å². The third-order valence-corrected chi connectivity index (χ3v) is 3.44. The Balaban J connectivity index is 1.93. The Bertz CT molecular complexity index is 801. The van der Waals surface area contributed by atoms with Crippen molar-refractivity contribution in [3.05, 3.63) is 53.6 Å². The molecule has 27 heavy (non-hydrogen) atoms. The minimum Gasteiger partial charge on any atom is -0.490 e. The molecule has 0 aliphatic heterocycles. The highest BCUT2D eigenvalue weighted by atomic mass is 16.5. The van der Waals surface area contributed by atoms with Crippen LogP contribution in [-0.4, -0.2) is 38.0 Å². The molecule has 7 heteroatoms. The summed E-state index contributed by atoms with van der Waals surface area (Å²) in [7, 11) is 0. The van der Waals surface area contributed by atoms with Crippen LogP contribution >= 0.6 is 0 Å². The number of benzene rings is 2. The molecular weight excluding hydrogens is 350 g/mol. The Morgan fingerprint density at radius 2 is 1.63 bits per heavy atom. The Hall–Kier alpha value is -3.35. The van der Waals surface area contributed by atoms with Gasteiger partial charge in [0.15, 0.2) is 18.1 Å². The molecule has 0 fully saturated rings. The van der Waals surface area contributed by atoms with E-state index in [4.69, 9.17) is 14.2 Å². The van der Waals surface area contributed by atoms with Crippen molar-refractivity contribution in [1.82, 2.24) is 0 Å². The van der Waals surface area contributed by atoms with Crippen molar-refractivity contribution in [3.8, 4) is 11.5 Å².